The molecule has 2 aliphatic carbocycles. The fourth-order valence-electron chi connectivity index (χ4n) is 3.94. The Morgan fingerprint density at radius 2 is 2.10 bits per heavy atom. The summed E-state index contributed by atoms with van der Waals surface area (Å²) in [6, 6.07) is 8.12. The van der Waals surface area contributed by atoms with Gasteiger partial charge in [0, 0.05) is 6.04 Å². The first-order valence-corrected chi connectivity index (χ1v) is 8.24. The summed E-state index contributed by atoms with van der Waals surface area (Å²) in [5, 5.41) is 8.01. The third-order valence-electron chi connectivity index (χ3n) is 4.92. The number of hydrogen-bond acceptors (Lipinski definition) is 1. The van der Waals surface area contributed by atoms with Gasteiger partial charge < -0.3 is 10.6 Å². The normalized spacial score (nSPS) is 29.2. The molecule has 2 N–H and O–H groups in total. The maximum absolute atomic E-state index is 6.13. The highest BCUT2D eigenvalue weighted by atomic mass is 35.5. The fraction of sp³-hybridized carbons (Fsp3) is 0.562. The highest BCUT2D eigenvalue weighted by molar-refractivity contribution is 7.80. The van der Waals surface area contributed by atoms with E-state index < -0.39 is 0 Å². The topological polar surface area (TPSA) is 24.1 Å². The number of para-hydroxylation sites is 1. The Hall–Kier alpha value is -0.800. The molecule has 0 aliphatic heterocycles. The lowest BCUT2D eigenvalue weighted by Gasteiger charge is -2.29. The van der Waals surface area contributed by atoms with Crippen LogP contribution in [0, 0.1) is 17.8 Å². The number of nitrogens with one attached hydrogen (secondary N) is 2. The largest absolute Gasteiger partial charge is 0.360 e. The minimum Gasteiger partial charge on any atom is -0.360 e. The van der Waals surface area contributed by atoms with E-state index >= 15 is 0 Å². The van der Waals surface area contributed by atoms with Crippen LogP contribution in [0.25, 0.3) is 0 Å². The van der Waals surface area contributed by atoms with E-state index in [2.05, 4.69) is 17.6 Å². The molecule has 2 fully saturated rings. The van der Waals surface area contributed by atoms with Gasteiger partial charge in [0.15, 0.2) is 5.11 Å². The Kier molecular flexibility index (Phi) is 4.18. The first kappa shape index (κ1) is 14.2. The Labute approximate surface area is 131 Å². The molecule has 0 amide bonds. The third-order valence-corrected chi connectivity index (χ3v) is 5.47. The number of fused-ring (bicyclic) bond motifs is 2. The minimum absolute atomic E-state index is 0.438. The quantitative estimate of drug-likeness (QED) is 0.807. The summed E-state index contributed by atoms with van der Waals surface area (Å²) in [5.41, 5.74) is 0.867. The Morgan fingerprint density at radius 1 is 1.30 bits per heavy atom. The van der Waals surface area contributed by atoms with Crippen LogP contribution in [-0.2, 0) is 0 Å². The zero-order valence-corrected chi connectivity index (χ0v) is 13.3. The van der Waals surface area contributed by atoms with Gasteiger partial charge in [0.2, 0.25) is 0 Å². The molecular weight excluding hydrogens is 288 g/mol. The van der Waals surface area contributed by atoms with Crippen molar-refractivity contribution in [1.29, 1.82) is 0 Å². The Balaban J connectivity index is 1.55. The van der Waals surface area contributed by atoms with Crippen LogP contribution in [0.5, 0.6) is 0 Å². The molecule has 3 rings (SSSR count). The lowest BCUT2D eigenvalue weighted by Crippen LogP contribution is -2.42. The van der Waals surface area contributed by atoms with Crippen LogP contribution in [0.3, 0.4) is 0 Å². The Bertz CT molecular complexity index is 505. The second-order valence-corrected chi connectivity index (χ2v) is 7.02. The van der Waals surface area contributed by atoms with Gasteiger partial charge in [-0.15, -0.1) is 0 Å². The molecule has 2 aliphatic rings. The molecule has 4 atom stereocenters. The molecule has 2 saturated carbocycles. The summed E-state index contributed by atoms with van der Waals surface area (Å²) in [6.07, 6.45) is 5.65. The van der Waals surface area contributed by atoms with Crippen molar-refractivity contribution < 1.29 is 0 Å². The fourth-order valence-corrected chi connectivity index (χ4v) is 4.42. The van der Waals surface area contributed by atoms with Gasteiger partial charge >= 0.3 is 0 Å². The van der Waals surface area contributed by atoms with Crippen LogP contribution in [-0.4, -0.2) is 11.2 Å². The number of benzene rings is 1. The van der Waals surface area contributed by atoms with Crippen molar-refractivity contribution >= 4 is 34.6 Å². The van der Waals surface area contributed by atoms with Crippen molar-refractivity contribution in [1.82, 2.24) is 5.32 Å². The van der Waals surface area contributed by atoms with E-state index in [1.54, 1.807) is 0 Å². The highest BCUT2D eigenvalue weighted by Gasteiger charge is 2.41. The monoisotopic (exact) mass is 308 g/mol. The first-order valence-electron chi connectivity index (χ1n) is 7.45. The lowest BCUT2D eigenvalue weighted by atomic mass is 9.84. The molecule has 0 spiro atoms. The van der Waals surface area contributed by atoms with Crippen molar-refractivity contribution in [2.45, 2.75) is 38.6 Å². The molecule has 4 heteroatoms. The van der Waals surface area contributed by atoms with Crippen LogP contribution in [0.15, 0.2) is 24.3 Å². The summed E-state index contributed by atoms with van der Waals surface area (Å²) < 4.78 is 0. The molecule has 0 saturated heterocycles. The van der Waals surface area contributed by atoms with E-state index in [0.717, 1.165) is 23.4 Å². The maximum atomic E-state index is 6.13. The molecule has 0 heterocycles. The van der Waals surface area contributed by atoms with Crippen molar-refractivity contribution in [3.05, 3.63) is 29.3 Å². The van der Waals surface area contributed by atoms with E-state index in [4.69, 9.17) is 23.8 Å². The molecule has 0 radical (unpaired) electrons. The van der Waals surface area contributed by atoms with Gasteiger partial charge in [-0.05, 0) is 68.3 Å². The van der Waals surface area contributed by atoms with E-state index in [1.165, 1.54) is 25.7 Å². The number of halogens is 1. The van der Waals surface area contributed by atoms with E-state index in [0.29, 0.717) is 16.2 Å². The highest BCUT2D eigenvalue weighted by Crippen LogP contribution is 2.49. The Morgan fingerprint density at radius 3 is 2.75 bits per heavy atom. The summed E-state index contributed by atoms with van der Waals surface area (Å²) in [6.45, 7) is 2.26. The molecule has 0 unspecified atom stereocenters. The molecule has 20 heavy (non-hydrogen) atoms. The molecule has 2 bridgehead atoms. The molecule has 2 nitrogen and oxygen atoms in total. The van der Waals surface area contributed by atoms with Gasteiger partial charge in [-0.1, -0.05) is 30.2 Å². The van der Waals surface area contributed by atoms with Crippen LogP contribution in [0.4, 0.5) is 5.69 Å². The minimum atomic E-state index is 0.438. The van der Waals surface area contributed by atoms with Crippen LogP contribution in [0.1, 0.15) is 32.6 Å². The van der Waals surface area contributed by atoms with E-state index in [1.807, 2.05) is 24.3 Å². The summed E-state index contributed by atoms with van der Waals surface area (Å²) in [5.74, 6) is 2.66. The van der Waals surface area contributed by atoms with Gasteiger partial charge in [0.05, 0.1) is 10.7 Å². The maximum Gasteiger partial charge on any atom is 0.171 e. The number of hydrogen-bond donors (Lipinski definition) is 2. The van der Waals surface area contributed by atoms with Crippen molar-refractivity contribution in [2.75, 3.05) is 5.32 Å². The van der Waals surface area contributed by atoms with Gasteiger partial charge in [-0.2, -0.15) is 0 Å². The van der Waals surface area contributed by atoms with Crippen LogP contribution in [0.2, 0.25) is 5.02 Å². The molecule has 108 valence electrons. The average molecular weight is 309 g/mol. The van der Waals surface area contributed by atoms with Crippen LogP contribution < -0.4 is 10.6 Å². The van der Waals surface area contributed by atoms with E-state index in [-0.39, 0.29) is 0 Å². The van der Waals surface area contributed by atoms with Gasteiger partial charge in [0.1, 0.15) is 0 Å². The lowest BCUT2D eigenvalue weighted by molar-refractivity contribution is 0.279. The second kappa shape index (κ2) is 5.90. The van der Waals surface area contributed by atoms with E-state index in [9.17, 15) is 0 Å². The molecular formula is C16H21ClN2S. The van der Waals surface area contributed by atoms with Gasteiger partial charge in [-0.25, -0.2) is 0 Å². The number of thiocarbonyl (C=S) groups is 1. The number of anilines is 1. The summed E-state index contributed by atoms with van der Waals surface area (Å²) >= 11 is 11.5. The average Bonchev–Trinajstić information content (AvgIpc) is 3.03. The zero-order chi connectivity index (χ0) is 14.1. The predicted octanol–water partition coefficient (Wildman–Crippen LogP) is 4.45. The molecule has 1 aromatic carbocycles. The van der Waals surface area contributed by atoms with Crippen molar-refractivity contribution in [2.24, 2.45) is 17.8 Å². The SMILES string of the molecule is C[C@H](NC(=S)Nc1ccccc1Cl)[C@@H]1C[C@H]2CC[C@H]1C2. The van der Waals surface area contributed by atoms with Gasteiger partial charge in [-0.3, -0.25) is 0 Å². The molecule has 1 aromatic rings. The first-order chi connectivity index (χ1) is 9.63. The standard InChI is InChI=1S/C16H21ClN2S/c1-10(13-9-11-6-7-12(13)8-11)18-16(20)19-15-5-3-2-4-14(15)17/h2-5,10-13H,6-9H2,1H3,(H2,18,19,20)/t10-,11-,12-,13-/m0/s1. The van der Waals surface area contributed by atoms with Crippen molar-refractivity contribution in [3.8, 4) is 0 Å². The van der Waals surface area contributed by atoms with Crippen LogP contribution >= 0.6 is 23.8 Å². The second-order valence-electron chi connectivity index (χ2n) is 6.21. The number of rotatable bonds is 3. The molecule has 0 aromatic heterocycles. The summed E-state index contributed by atoms with van der Waals surface area (Å²) in [4.78, 5) is 0. The summed E-state index contributed by atoms with van der Waals surface area (Å²) in [7, 11) is 0. The predicted molar refractivity (Wildman–Crippen MR) is 89.2 cm³/mol. The smallest absolute Gasteiger partial charge is 0.171 e. The third kappa shape index (κ3) is 2.94. The zero-order valence-electron chi connectivity index (χ0n) is 11.7. The van der Waals surface area contributed by atoms with Gasteiger partial charge in [0.25, 0.3) is 0 Å². The van der Waals surface area contributed by atoms with Crippen molar-refractivity contribution in [3.63, 3.8) is 0 Å².